The molecule has 1 aromatic carbocycles. The number of carbonyl (C=O) groups is 2. The summed E-state index contributed by atoms with van der Waals surface area (Å²) < 4.78 is 5.04. The SMILES string of the molecule is C=CC1CCN2C(=O)Nc3ccc(C(=O)OCC)cc3C12. The summed E-state index contributed by atoms with van der Waals surface area (Å²) in [5.41, 5.74) is 2.24. The molecule has 110 valence electrons. The Hall–Kier alpha value is -2.30. The summed E-state index contributed by atoms with van der Waals surface area (Å²) in [4.78, 5) is 25.8. The van der Waals surface area contributed by atoms with E-state index in [2.05, 4.69) is 11.9 Å². The predicted octanol–water partition coefficient (Wildman–Crippen LogP) is 2.96. The average Bonchev–Trinajstić information content (AvgIpc) is 2.92. The molecule has 0 radical (unpaired) electrons. The first-order valence-electron chi connectivity index (χ1n) is 7.17. The van der Waals surface area contributed by atoms with Crippen molar-refractivity contribution in [3.63, 3.8) is 0 Å². The molecule has 1 fully saturated rings. The molecule has 5 heteroatoms. The van der Waals surface area contributed by atoms with Crippen LogP contribution in [-0.4, -0.2) is 30.1 Å². The normalized spacial score (nSPS) is 23.1. The van der Waals surface area contributed by atoms with Crippen molar-refractivity contribution in [3.05, 3.63) is 42.0 Å². The van der Waals surface area contributed by atoms with Gasteiger partial charge >= 0.3 is 12.0 Å². The summed E-state index contributed by atoms with van der Waals surface area (Å²) in [6.45, 7) is 6.70. The van der Waals surface area contributed by atoms with Crippen molar-refractivity contribution in [1.82, 2.24) is 4.90 Å². The van der Waals surface area contributed by atoms with E-state index >= 15 is 0 Å². The molecule has 2 aliphatic rings. The third kappa shape index (κ3) is 2.18. The van der Waals surface area contributed by atoms with Gasteiger partial charge in [-0.2, -0.15) is 0 Å². The maximum Gasteiger partial charge on any atom is 0.338 e. The van der Waals surface area contributed by atoms with Crippen LogP contribution in [0.1, 0.15) is 35.3 Å². The van der Waals surface area contributed by atoms with Crippen molar-refractivity contribution in [2.24, 2.45) is 5.92 Å². The maximum absolute atomic E-state index is 12.1. The van der Waals surface area contributed by atoms with Gasteiger partial charge in [0, 0.05) is 18.2 Å². The fourth-order valence-corrected chi connectivity index (χ4v) is 3.14. The van der Waals surface area contributed by atoms with E-state index in [0.717, 1.165) is 17.7 Å². The number of hydrogen-bond acceptors (Lipinski definition) is 3. The highest BCUT2D eigenvalue weighted by atomic mass is 16.5. The summed E-state index contributed by atoms with van der Waals surface area (Å²) in [6, 6.07) is 5.16. The minimum absolute atomic E-state index is 0.0411. The summed E-state index contributed by atoms with van der Waals surface area (Å²) in [5, 5.41) is 2.87. The zero-order valence-electron chi connectivity index (χ0n) is 12.0. The van der Waals surface area contributed by atoms with Crippen LogP contribution in [0.2, 0.25) is 0 Å². The van der Waals surface area contributed by atoms with Crippen molar-refractivity contribution in [2.45, 2.75) is 19.4 Å². The second-order valence-corrected chi connectivity index (χ2v) is 5.28. The van der Waals surface area contributed by atoms with Gasteiger partial charge in [0.25, 0.3) is 0 Å². The van der Waals surface area contributed by atoms with Crippen LogP contribution in [0.5, 0.6) is 0 Å². The van der Waals surface area contributed by atoms with Crippen molar-refractivity contribution in [2.75, 3.05) is 18.5 Å². The molecule has 1 aromatic rings. The van der Waals surface area contributed by atoms with Gasteiger partial charge in [-0.15, -0.1) is 6.58 Å². The second kappa shape index (κ2) is 5.24. The van der Waals surface area contributed by atoms with Crippen molar-refractivity contribution >= 4 is 17.7 Å². The van der Waals surface area contributed by atoms with Gasteiger partial charge in [0.2, 0.25) is 0 Å². The topological polar surface area (TPSA) is 58.6 Å². The molecule has 2 aliphatic heterocycles. The first-order valence-corrected chi connectivity index (χ1v) is 7.17. The van der Waals surface area contributed by atoms with Gasteiger partial charge in [0.1, 0.15) is 0 Å². The lowest BCUT2D eigenvalue weighted by molar-refractivity contribution is 0.0526. The fraction of sp³-hybridized carbons (Fsp3) is 0.375. The number of amides is 2. The van der Waals surface area contributed by atoms with Crippen LogP contribution in [0.3, 0.4) is 0 Å². The number of fused-ring (bicyclic) bond motifs is 3. The molecule has 0 aromatic heterocycles. The van der Waals surface area contributed by atoms with E-state index in [1.807, 2.05) is 17.0 Å². The van der Waals surface area contributed by atoms with E-state index in [1.165, 1.54) is 0 Å². The maximum atomic E-state index is 12.1. The molecule has 1 saturated heterocycles. The van der Waals surface area contributed by atoms with Crippen molar-refractivity contribution in [3.8, 4) is 0 Å². The number of carbonyl (C=O) groups excluding carboxylic acids is 2. The summed E-state index contributed by atoms with van der Waals surface area (Å²) >= 11 is 0. The summed E-state index contributed by atoms with van der Waals surface area (Å²) in [7, 11) is 0. The highest BCUT2D eigenvalue weighted by Gasteiger charge is 2.41. The molecule has 2 atom stereocenters. The van der Waals surface area contributed by atoms with E-state index in [-0.39, 0.29) is 24.0 Å². The summed E-state index contributed by atoms with van der Waals surface area (Å²) in [6.07, 6.45) is 2.79. The monoisotopic (exact) mass is 286 g/mol. The van der Waals surface area contributed by atoms with Gasteiger partial charge in [-0.25, -0.2) is 9.59 Å². The van der Waals surface area contributed by atoms with Crippen LogP contribution in [0.15, 0.2) is 30.9 Å². The molecular formula is C16H18N2O3. The van der Waals surface area contributed by atoms with Crippen LogP contribution in [0.25, 0.3) is 0 Å². The molecule has 5 nitrogen and oxygen atoms in total. The molecule has 3 rings (SSSR count). The summed E-state index contributed by atoms with van der Waals surface area (Å²) in [5.74, 6) is -0.121. The lowest BCUT2D eigenvalue weighted by Crippen LogP contribution is -2.40. The van der Waals surface area contributed by atoms with Gasteiger partial charge in [-0.1, -0.05) is 6.08 Å². The van der Waals surface area contributed by atoms with Crippen molar-refractivity contribution < 1.29 is 14.3 Å². The highest BCUT2D eigenvalue weighted by molar-refractivity contribution is 5.96. The quantitative estimate of drug-likeness (QED) is 0.686. The number of anilines is 1. The van der Waals surface area contributed by atoms with Crippen molar-refractivity contribution in [1.29, 1.82) is 0 Å². The highest BCUT2D eigenvalue weighted by Crippen LogP contribution is 2.44. The lowest BCUT2D eigenvalue weighted by atomic mass is 9.90. The average molecular weight is 286 g/mol. The number of urea groups is 1. The molecule has 2 heterocycles. The Morgan fingerprint density at radius 1 is 1.57 bits per heavy atom. The van der Waals surface area contributed by atoms with Crippen LogP contribution >= 0.6 is 0 Å². The number of nitrogens with one attached hydrogen (secondary N) is 1. The van der Waals surface area contributed by atoms with Gasteiger partial charge in [-0.05, 0) is 37.1 Å². The van der Waals surface area contributed by atoms with Gasteiger partial charge in [0.05, 0.1) is 18.2 Å². The molecular weight excluding hydrogens is 268 g/mol. The number of nitrogens with zero attached hydrogens (tertiary/aromatic N) is 1. The van der Waals surface area contributed by atoms with Crippen LogP contribution in [-0.2, 0) is 4.74 Å². The number of hydrogen-bond donors (Lipinski definition) is 1. The first kappa shape index (κ1) is 13.7. The Balaban J connectivity index is 2.03. The third-order valence-corrected chi connectivity index (χ3v) is 4.13. The minimum Gasteiger partial charge on any atom is -0.462 e. The molecule has 0 bridgehead atoms. The second-order valence-electron chi connectivity index (χ2n) is 5.28. The van der Waals surface area contributed by atoms with Crippen LogP contribution in [0, 0.1) is 5.92 Å². The predicted molar refractivity (Wildman–Crippen MR) is 79.2 cm³/mol. The lowest BCUT2D eigenvalue weighted by Gasteiger charge is -2.34. The van der Waals surface area contributed by atoms with E-state index in [0.29, 0.717) is 18.7 Å². The van der Waals surface area contributed by atoms with Crippen LogP contribution in [0.4, 0.5) is 10.5 Å². The Labute approximate surface area is 123 Å². The number of ether oxygens (including phenoxy) is 1. The minimum atomic E-state index is -0.336. The fourth-order valence-electron chi connectivity index (χ4n) is 3.14. The Morgan fingerprint density at radius 2 is 2.38 bits per heavy atom. The molecule has 0 saturated carbocycles. The zero-order valence-corrected chi connectivity index (χ0v) is 12.0. The van der Waals surface area contributed by atoms with Gasteiger partial charge in [0.15, 0.2) is 0 Å². The number of esters is 1. The Morgan fingerprint density at radius 3 is 3.10 bits per heavy atom. The molecule has 0 aliphatic carbocycles. The molecule has 21 heavy (non-hydrogen) atoms. The van der Waals surface area contributed by atoms with Gasteiger partial charge in [-0.3, -0.25) is 0 Å². The third-order valence-electron chi connectivity index (χ3n) is 4.13. The van der Waals surface area contributed by atoms with E-state index in [9.17, 15) is 9.59 Å². The zero-order chi connectivity index (χ0) is 15.0. The smallest absolute Gasteiger partial charge is 0.338 e. The Kier molecular flexibility index (Phi) is 3.41. The van der Waals surface area contributed by atoms with E-state index in [4.69, 9.17) is 4.74 Å². The van der Waals surface area contributed by atoms with E-state index < -0.39 is 0 Å². The molecule has 2 amide bonds. The van der Waals surface area contributed by atoms with E-state index in [1.54, 1.807) is 19.1 Å². The number of benzene rings is 1. The largest absolute Gasteiger partial charge is 0.462 e. The molecule has 0 spiro atoms. The molecule has 2 unspecified atom stereocenters. The van der Waals surface area contributed by atoms with Crippen LogP contribution < -0.4 is 5.32 Å². The first-order chi connectivity index (χ1) is 10.2. The molecule has 1 N–H and O–H groups in total. The van der Waals surface area contributed by atoms with Gasteiger partial charge < -0.3 is 15.0 Å². The standard InChI is InChI=1S/C16H18N2O3/c1-3-10-7-8-18-14(10)12-9-11(15(19)21-4-2)5-6-13(12)17-16(18)20/h3,5-6,9-10,14H,1,4,7-8H2,2H3,(H,17,20). The number of rotatable bonds is 3. The Bertz CT molecular complexity index is 612.